The van der Waals surface area contributed by atoms with Crippen LogP contribution in [-0.4, -0.2) is 44.5 Å². The van der Waals surface area contributed by atoms with Crippen LogP contribution in [0.5, 0.6) is 11.5 Å². The molecule has 1 N–H and O–H groups in total. The van der Waals surface area contributed by atoms with Crippen molar-refractivity contribution in [2.45, 2.75) is 24.4 Å². The summed E-state index contributed by atoms with van der Waals surface area (Å²) in [5.74, 6) is 1.11. The van der Waals surface area contributed by atoms with Crippen LogP contribution in [0.3, 0.4) is 0 Å². The van der Waals surface area contributed by atoms with Crippen molar-refractivity contribution in [1.82, 2.24) is 14.8 Å². The van der Waals surface area contributed by atoms with Gasteiger partial charge in [-0.3, -0.25) is 9.82 Å². The van der Waals surface area contributed by atoms with Gasteiger partial charge in [-0.2, -0.15) is 5.06 Å². The second-order valence-corrected chi connectivity index (χ2v) is 9.68. The van der Waals surface area contributed by atoms with Crippen LogP contribution < -0.4 is 14.2 Å². The molecule has 0 radical (unpaired) electrons. The van der Waals surface area contributed by atoms with E-state index in [1.807, 2.05) is 42.5 Å². The number of nitrogens with zero attached hydrogens (tertiary/aromatic N) is 2. The minimum atomic E-state index is -3.69. The zero-order chi connectivity index (χ0) is 23.3. The molecule has 2 aromatic carbocycles. The first-order chi connectivity index (χ1) is 16.0. The second-order valence-electron chi connectivity index (χ2n) is 7.70. The molecule has 2 unspecified atom stereocenters. The highest BCUT2D eigenvalue weighted by Crippen LogP contribution is 2.38. The summed E-state index contributed by atoms with van der Waals surface area (Å²) in [5, 5.41) is 0.774. The summed E-state index contributed by atoms with van der Waals surface area (Å²) in [5.41, 5.74) is 2.44. The van der Waals surface area contributed by atoms with Crippen LogP contribution in [0.4, 0.5) is 0 Å². The average Bonchev–Trinajstić information content (AvgIpc) is 3.25. The van der Waals surface area contributed by atoms with Gasteiger partial charge in [0.05, 0.1) is 32.0 Å². The number of sulfonamides is 1. The standard InChI is InChI=1S/C24H27N3O5S/c1-27-24(23(17-32-27)33(28,29)26-15-20-10-6-7-13-25-20)19-11-12-21(22(14-19)30-2)31-16-18-8-4-3-5-9-18/h3-14,23-24,26H,15-17H2,1-2H3. The average molecular weight is 470 g/mol. The molecular formula is C24H27N3O5S. The Morgan fingerprint density at radius 3 is 2.61 bits per heavy atom. The van der Waals surface area contributed by atoms with Gasteiger partial charge in [0.1, 0.15) is 11.9 Å². The molecule has 3 aromatic rings. The number of aromatic nitrogens is 1. The predicted octanol–water partition coefficient (Wildman–Crippen LogP) is 3.08. The van der Waals surface area contributed by atoms with E-state index < -0.39 is 21.3 Å². The highest BCUT2D eigenvalue weighted by Gasteiger charge is 2.43. The molecule has 0 bridgehead atoms. The first kappa shape index (κ1) is 23.2. The molecule has 0 spiro atoms. The summed E-state index contributed by atoms with van der Waals surface area (Å²) in [7, 11) is -0.404. The van der Waals surface area contributed by atoms with Crippen molar-refractivity contribution in [2.24, 2.45) is 0 Å². The molecule has 1 aromatic heterocycles. The molecule has 0 saturated carbocycles. The Morgan fingerprint density at radius 1 is 1.09 bits per heavy atom. The first-order valence-electron chi connectivity index (χ1n) is 10.6. The zero-order valence-corrected chi connectivity index (χ0v) is 19.4. The molecule has 0 amide bonds. The normalized spacial score (nSPS) is 18.8. The predicted molar refractivity (Wildman–Crippen MR) is 124 cm³/mol. The largest absolute Gasteiger partial charge is 0.493 e. The third-order valence-corrected chi connectivity index (χ3v) is 7.27. The van der Waals surface area contributed by atoms with Crippen LogP contribution in [-0.2, 0) is 28.0 Å². The van der Waals surface area contributed by atoms with Gasteiger partial charge >= 0.3 is 0 Å². The Bertz CT molecular complexity index is 1160. The summed E-state index contributed by atoms with van der Waals surface area (Å²) in [4.78, 5) is 9.78. The van der Waals surface area contributed by atoms with Crippen molar-refractivity contribution in [3.63, 3.8) is 0 Å². The smallest absolute Gasteiger partial charge is 0.219 e. The highest BCUT2D eigenvalue weighted by atomic mass is 32.2. The van der Waals surface area contributed by atoms with Crippen molar-refractivity contribution in [2.75, 3.05) is 20.8 Å². The number of ether oxygens (including phenoxy) is 2. The van der Waals surface area contributed by atoms with Crippen molar-refractivity contribution in [1.29, 1.82) is 0 Å². The van der Waals surface area contributed by atoms with Gasteiger partial charge in [0.25, 0.3) is 0 Å². The highest BCUT2D eigenvalue weighted by molar-refractivity contribution is 7.90. The molecule has 1 aliphatic rings. The lowest BCUT2D eigenvalue weighted by Gasteiger charge is -2.24. The van der Waals surface area contributed by atoms with Crippen molar-refractivity contribution >= 4 is 10.0 Å². The monoisotopic (exact) mass is 469 g/mol. The lowest BCUT2D eigenvalue weighted by Crippen LogP contribution is -2.39. The summed E-state index contributed by atoms with van der Waals surface area (Å²) >= 11 is 0. The van der Waals surface area contributed by atoms with Gasteiger partial charge < -0.3 is 9.47 Å². The summed E-state index contributed by atoms with van der Waals surface area (Å²) in [6.07, 6.45) is 1.63. The minimum Gasteiger partial charge on any atom is -0.493 e. The molecule has 9 heteroatoms. The maximum atomic E-state index is 13.1. The van der Waals surface area contributed by atoms with Gasteiger partial charge in [-0.25, -0.2) is 13.1 Å². The molecular weight excluding hydrogens is 442 g/mol. The van der Waals surface area contributed by atoms with E-state index in [0.29, 0.717) is 23.8 Å². The number of pyridine rings is 1. The lowest BCUT2D eigenvalue weighted by atomic mass is 10.0. The SMILES string of the molecule is COc1cc(C2C(S(=O)(=O)NCc3ccccn3)CON2C)ccc1OCc1ccccc1. The van der Waals surface area contributed by atoms with Gasteiger partial charge in [-0.1, -0.05) is 42.5 Å². The summed E-state index contributed by atoms with van der Waals surface area (Å²) in [6, 6.07) is 20.2. The molecule has 1 aliphatic heterocycles. The number of methoxy groups -OCH3 is 1. The molecule has 33 heavy (non-hydrogen) atoms. The van der Waals surface area contributed by atoms with Gasteiger partial charge in [0.15, 0.2) is 11.5 Å². The number of hydrogen-bond donors (Lipinski definition) is 1. The molecule has 1 saturated heterocycles. The Balaban J connectivity index is 1.51. The van der Waals surface area contributed by atoms with E-state index in [1.54, 1.807) is 49.7 Å². The number of hydrogen-bond acceptors (Lipinski definition) is 7. The van der Waals surface area contributed by atoms with Gasteiger partial charge in [-0.15, -0.1) is 0 Å². The van der Waals surface area contributed by atoms with Crippen LogP contribution in [0, 0.1) is 0 Å². The number of rotatable bonds is 9. The fraction of sp³-hybridized carbons (Fsp3) is 0.292. The molecule has 1 fully saturated rings. The van der Waals surface area contributed by atoms with E-state index in [9.17, 15) is 8.42 Å². The number of nitrogens with one attached hydrogen (secondary N) is 1. The van der Waals surface area contributed by atoms with Crippen molar-refractivity contribution in [3.8, 4) is 11.5 Å². The van der Waals surface area contributed by atoms with E-state index in [2.05, 4.69) is 9.71 Å². The van der Waals surface area contributed by atoms with E-state index in [0.717, 1.165) is 11.1 Å². The maximum Gasteiger partial charge on any atom is 0.219 e. The van der Waals surface area contributed by atoms with Gasteiger partial charge in [0.2, 0.25) is 10.0 Å². The van der Waals surface area contributed by atoms with Crippen molar-refractivity contribution in [3.05, 3.63) is 89.7 Å². The fourth-order valence-electron chi connectivity index (χ4n) is 3.79. The van der Waals surface area contributed by atoms with E-state index in [1.165, 1.54) is 0 Å². The third kappa shape index (κ3) is 5.51. The molecule has 174 valence electrons. The maximum absolute atomic E-state index is 13.1. The van der Waals surface area contributed by atoms with Gasteiger partial charge in [-0.05, 0) is 35.4 Å². The van der Waals surface area contributed by atoms with Crippen LogP contribution in [0.25, 0.3) is 0 Å². The Morgan fingerprint density at radius 2 is 1.88 bits per heavy atom. The van der Waals surface area contributed by atoms with Crippen LogP contribution >= 0.6 is 0 Å². The van der Waals surface area contributed by atoms with Crippen LogP contribution in [0.2, 0.25) is 0 Å². The zero-order valence-electron chi connectivity index (χ0n) is 18.5. The summed E-state index contributed by atoms with van der Waals surface area (Å²) in [6.45, 7) is 0.566. The minimum absolute atomic E-state index is 0.0489. The van der Waals surface area contributed by atoms with E-state index in [4.69, 9.17) is 14.3 Å². The molecule has 2 atom stereocenters. The Hall–Kier alpha value is -2.98. The molecule has 2 heterocycles. The lowest BCUT2D eigenvalue weighted by molar-refractivity contribution is -0.110. The van der Waals surface area contributed by atoms with E-state index in [-0.39, 0.29) is 13.2 Å². The summed E-state index contributed by atoms with van der Waals surface area (Å²) < 4.78 is 40.4. The Labute approximate surface area is 194 Å². The molecule has 4 rings (SSSR count). The third-order valence-electron chi connectivity index (χ3n) is 5.53. The Kier molecular flexibility index (Phi) is 7.24. The molecule has 0 aliphatic carbocycles. The number of benzene rings is 2. The first-order valence-corrected chi connectivity index (χ1v) is 12.1. The van der Waals surface area contributed by atoms with Crippen LogP contribution in [0.15, 0.2) is 72.9 Å². The van der Waals surface area contributed by atoms with Crippen LogP contribution in [0.1, 0.15) is 22.9 Å². The fourth-order valence-corrected chi connectivity index (χ4v) is 5.26. The second kappa shape index (κ2) is 10.3. The van der Waals surface area contributed by atoms with Crippen molar-refractivity contribution < 1.29 is 22.7 Å². The topological polar surface area (TPSA) is 90.0 Å². The molecule has 8 nitrogen and oxygen atoms in total. The van der Waals surface area contributed by atoms with Gasteiger partial charge in [0, 0.05) is 13.2 Å². The number of hydroxylamine groups is 2. The van der Waals surface area contributed by atoms with E-state index >= 15 is 0 Å². The quantitative estimate of drug-likeness (QED) is 0.515.